The average Bonchev–Trinajstić information content (AvgIpc) is 2.99. The molecule has 29 heavy (non-hydrogen) atoms. The quantitative estimate of drug-likeness (QED) is 0.648. The smallest absolute Gasteiger partial charge is 0.262 e. The first-order chi connectivity index (χ1) is 14.1. The molecular weight excluding hydrogens is 388 g/mol. The number of hydrogen-bond acceptors (Lipinski definition) is 3. The van der Waals surface area contributed by atoms with Crippen molar-refractivity contribution in [3.63, 3.8) is 0 Å². The predicted octanol–water partition coefficient (Wildman–Crippen LogP) is 4.19. The van der Waals surface area contributed by atoms with Crippen molar-refractivity contribution in [2.45, 2.75) is 12.5 Å². The van der Waals surface area contributed by atoms with Gasteiger partial charge < -0.3 is 5.32 Å². The number of halogens is 1. The third kappa shape index (κ3) is 3.65. The van der Waals surface area contributed by atoms with Gasteiger partial charge in [-0.2, -0.15) is 0 Å². The number of imide groups is 1. The van der Waals surface area contributed by atoms with Crippen LogP contribution in [0.2, 0.25) is 5.02 Å². The summed E-state index contributed by atoms with van der Waals surface area (Å²) >= 11 is 6.16. The van der Waals surface area contributed by atoms with Crippen molar-refractivity contribution in [3.8, 4) is 0 Å². The van der Waals surface area contributed by atoms with Crippen LogP contribution in [0.15, 0.2) is 78.9 Å². The van der Waals surface area contributed by atoms with Gasteiger partial charge in [-0.3, -0.25) is 19.3 Å². The van der Waals surface area contributed by atoms with Gasteiger partial charge in [-0.05, 0) is 29.8 Å². The van der Waals surface area contributed by atoms with Gasteiger partial charge in [0, 0.05) is 6.42 Å². The van der Waals surface area contributed by atoms with Crippen LogP contribution in [-0.2, 0) is 11.2 Å². The van der Waals surface area contributed by atoms with Crippen LogP contribution >= 0.6 is 11.6 Å². The second kappa shape index (κ2) is 7.89. The molecule has 144 valence electrons. The molecule has 0 spiro atoms. The van der Waals surface area contributed by atoms with E-state index in [2.05, 4.69) is 5.32 Å². The number of anilines is 1. The van der Waals surface area contributed by atoms with Crippen molar-refractivity contribution in [2.24, 2.45) is 0 Å². The molecule has 1 heterocycles. The van der Waals surface area contributed by atoms with Crippen LogP contribution in [0.25, 0.3) is 0 Å². The van der Waals surface area contributed by atoms with E-state index >= 15 is 0 Å². The monoisotopic (exact) mass is 404 g/mol. The first-order valence-corrected chi connectivity index (χ1v) is 9.50. The summed E-state index contributed by atoms with van der Waals surface area (Å²) in [7, 11) is 0. The lowest BCUT2D eigenvalue weighted by atomic mass is 10.0. The second-order valence-electron chi connectivity index (χ2n) is 6.70. The van der Waals surface area contributed by atoms with Crippen LogP contribution in [0.1, 0.15) is 26.3 Å². The lowest BCUT2D eigenvalue weighted by molar-refractivity contribution is -0.119. The number of para-hydroxylation sites is 1. The number of amides is 3. The third-order valence-electron chi connectivity index (χ3n) is 4.84. The highest BCUT2D eigenvalue weighted by molar-refractivity contribution is 6.33. The Morgan fingerprint density at radius 3 is 2.00 bits per heavy atom. The molecule has 1 N–H and O–H groups in total. The fourth-order valence-electron chi connectivity index (χ4n) is 3.41. The van der Waals surface area contributed by atoms with Gasteiger partial charge in [0.1, 0.15) is 6.04 Å². The van der Waals surface area contributed by atoms with Gasteiger partial charge in [-0.15, -0.1) is 0 Å². The maximum atomic E-state index is 13.2. The lowest BCUT2D eigenvalue weighted by Gasteiger charge is -2.25. The summed E-state index contributed by atoms with van der Waals surface area (Å²) in [4.78, 5) is 40.2. The van der Waals surface area contributed by atoms with E-state index in [1.165, 1.54) is 0 Å². The Morgan fingerprint density at radius 2 is 1.38 bits per heavy atom. The van der Waals surface area contributed by atoms with E-state index in [0.717, 1.165) is 10.5 Å². The second-order valence-corrected chi connectivity index (χ2v) is 7.11. The van der Waals surface area contributed by atoms with Crippen LogP contribution in [-0.4, -0.2) is 28.7 Å². The number of hydrogen-bond donors (Lipinski definition) is 1. The Balaban J connectivity index is 1.69. The molecule has 0 fully saturated rings. The predicted molar refractivity (Wildman–Crippen MR) is 111 cm³/mol. The van der Waals surface area contributed by atoms with E-state index in [9.17, 15) is 14.4 Å². The van der Waals surface area contributed by atoms with Crippen LogP contribution in [0.4, 0.5) is 5.69 Å². The molecule has 0 aliphatic carbocycles. The van der Waals surface area contributed by atoms with E-state index in [4.69, 9.17) is 11.6 Å². The summed E-state index contributed by atoms with van der Waals surface area (Å²) in [5, 5.41) is 3.13. The van der Waals surface area contributed by atoms with Crippen LogP contribution < -0.4 is 5.32 Å². The molecule has 0 bridgehead atoms. The number of nitrogens with one attached hydrogen (secondary N) is 1. The van der Waals surface area contributed by atoms with Gasteiger partial charge in [0.15, 0.2) is 0 Å². The number of nitrogens with zero attached hydrogens (tertiary/aromatic N) is 1. The van der Waals surface area contributed by atoms with Crippen molar-refractivity contribution < 1.29 is 14.4 Å². The van der Waals surface area contributed by atoms with Gasteiger partial charge in [-0.1, -0.05) is 66.2 Å². The summed E-state index contributed by atoms with van der Waals surface area (Å²) in [6.45, 7) is 0. The molecule has 6 heteroatoms. The minimum absolute atomic E-state index is 0.197. The van der Waals surface area contributed by atoms with Gasteiger partial charge in [0.2, 0.25) is 5.91 Å². The SMILES string of the molecule is O=C(Nc1ccccc1Cl)C(Cc1ccccc1)N1C(=O)c2ccccc2C1=O. The number of benzene rings is 3. The average molecular weight is 405 g/mol. The lowest BCUT2D eigenvalue weighted by Crippen LogP contribution is -2.48. The highest BCUT2D eigenvalue weighted by Crippen LogP contribution is 2.27. The van der Waals surface area contributed by atoms with Gasteiger partial charge in [-0.25, -0.2) is 0 Å². The molecule has 0 radical (unpaired) electrons. The summed E-state index contributed by atoms with van der Waals surface area (Å²) in [6.07, 6.45) is 0.197. The Bertz CT molecular complexity index is 1060. The van der Waals surface area contributed by atoms with E-state index in [-0.39, 0.29) is 6.42 Å². The van der Waals surface area contributed by atoms with Crippen molar-refractivity contribution in [3.05, 3.63) is 101 Å². The van der Waals surface area contributed by atoms with Crippen molar-refractivity contribution >= 4 is 35.0 Å². The van der Waals surface area contributed by atoms with Gasteiger partial charge >= 0.3 is 0 Å². The number of fused-ring (bicyclic) bond motifs is 1. The molecule has 4 rings (SSSR count). The molecular formula is C23H17ClN2O3. The Kier molecular flexibility index (Phi) is 5.14. The molecule has 5 nitrogen and oxygen atoms in total. The number of carbonyl (C=O) groups is 3. The molecule has 0 saturated heterocycles. The summed E-state index contributed by atoms with van der Waals surface area (Å²) in [6, 6.07) is 21.7. The maximum Gasteiger partial charge on any atom is 0.262 e. The molecule has 3 aromatic carbocycles. The molecule has 0 aromatic heterocycles. The Hall–Kier alpha value is -3.44. The summed E-state index contributed by atoms with van der Waals surface area (Å²) < 4.78 is 0. The third-order valence-corrected chi connectivity index (χ3v) is 5.17. The maximum absolute atomic E-state index is 13.2. The van der Waals surface area contributed by atoms with Crippen LogP contribution in [0.5, 0.6) is 0 Å². The van der Waals surface area contributed by atoms with Gasteiger partial charge in [0.25, 0.3) is 11.8 Å². The van der Waals surface area contributed by atoms with Crippen molar-refractivity contribution in [2.75, 3.05) is 5.32 Å². The minimum Gasteiger partial charge on any atom is -0.323 e. The Morgan fingerprint density at radius 1 is 0.828 bits per heavy atom. The molecule has 1 aliphatic heterocycles. The summed E-state index contributed by atoms with van der Waals surface area (Å²) in [5.41, 5.74) is 1.87. The molecule has 1 atom stereocenters. The van der Waals surface area contributed by atoms with Crippen LogP contribution in [0.3, 0.4) is 0 Å². The highest BCUT2D eigenvalue weighted by Gasteiger charge is 2.42. The summed E-state index contributed by atoms with van der Waals surface area (Å²) in [5.74, 6) is -1.42. The van der Waals surface area contributed by atoms with Gasteiger partial charge in [0.05, 0.1) is 21.8 Å². The highest BCUT2D eigenvalue weighted by atomic mass is 35.5. The normalized spacial score (nSPS) is 13.9. The minimum atomic E-state index is -1.01. The first kappa shape index (κ1) is 18.9. The van der Waals surface area contributed by atoms with E-state index in [0.29, 0.717) is 21.8 Å². The largest absolute Gasteiger partial charge is 0.323 e. The zero-order valence-corrected chi connectivity index (χ0v) is 16.1. The van der Waals surface area contributed by atoms with E-state index in [1.54, 1.807) is 48.5 Å². The van der Waals surface area contributed by atoms with E-state index < -0.39 is 23.8 Å². The fraction of sp³-hybridized carbons (Fsp3) is 0.0870. The zero-order chi connectivity index (χ0) is 20.4. The number of rotatable bonds is 5. The molecule has 1 aliphatic rings. The Labute approximate surface area is 172 Å². The molecule has 1 unspecified atom stereocenters. The van der Waals surface area contributed by atoms with Crippen molar-refractivity contribution in [1.29, 1.82) is 0 Å². The number of carbonyl (C=O) groups excluding carboxylic acids is 3. The van der Waals surface area contributed by atoms with E-state index in [1.807, 2.05) is 30.3 Å². The molecule has 3 aromatic rings. The first-order valence-electron chi connectivity index (χ1n) is 9.12. The standard InChI is InChI=1S/C23H17ClN2O3/c24-18-12-6-7-13-19(18)25-21(27)20(14-15-8-2-1-3-9-15)26-22(28)16-10-4-5-11-17(16)23(26)29/h1-13,20H,14H2,(H,25,27). The zero-order valence-electron chi connectivity index (χ0n) is 15.3. The molecule has 0 saturated carbocycles. The van der Waals surface area contributed by atoms with Crippen LogP contribution in [0, 0.1) is 0 Å². The molecule has 3 amide bonds. The topological polar surface area (TPSA) is 66.5 Å². The van der Waals surface area contributed by atoms with Crippen molar-refractivity contribution in [1.82, 2.24) is 4.90 Å². The fourth-order valence-corrected chi connectivity index (χ4v) is 3.59.